The number of pyridine rings is 1. The smallest absolute Gasteiger partial charge is 0.387 e. The normalized spacial score (nSPS) is 12.4. The van der Waals surface area contributed by atoms with Crippen molar-refractivity contribution in [3.8, 4) is 22.8 Å². The van der Waals surface area contributed by atoms with Crippen LogP contribution in [0, 0.1) is 0 Å². The van der Waals surface area contributed by atoms with Crippen LogP contribution in [0.1, 0.15) is 29.8 Å². The fourth-order valence-corrected chi connectivity index (χ4v) is 3.34. The summed E-state index contributed by atoms with van der Waals surface area (Å²) in [5.41, 5.74) is 13.2. The monoisotopic (exact) mass is 431 g/mol. The van der Waals surface area contributed by atoms with E-state index in [1.54, 1.807) is 23.8 Å². The van der Waals surface area contributed by atoms with E-state index in [2.05, 4.69) is 14.7 Å². The summed E-state index contributed by atoms with van der Waals surface area (Å²) in [4.78, 5) is 20.3. The van der Waals surface area contributed by atoms with E-state index in [1.165, 1.54) is 19.2 Å². The molecule has 0 unspecified atom stereocenters. The van der Waals surface area contributed by atoms with Gasteiger partial charge >= 0.3 is 6.61 Å². The Morgan fingerprint density at radius 2 is 1.90 bits per heavy atom. The summed E-state index contributed by atoms with van der Waals surface area (Å²) in [5.74, 6) is -0.833. The first-order valence-electron chi connectivity index (χ1n) is 9.27. The SMILES string of the molecule is CN=C(N)C(C)(C)c1ccn2c(-c3cc(OC)c(C(N)=O)c(OC(F)F)c3)cnc2c1. The number of ether oxygens (including phenoxy) is 2. The molecule has 0 aliphatic rings. The van der Waals surface area contributed by atoms with Gasteiger partial charge in [-0.25, -0.2) is 4.98 Å². The molecule has 0 saturated carbocycles. The maximum absolute atomic E-state index is 12.9. The number of carbonyl (C=O) groups is 1. The summed E-state index contributed by atoms with van der Waals surface area (Å²) in [6.45, 7) is 0.759. The van der Waals surface area contributed by atoms with Gasteiger partial charge in [0, 0.05) is 24.2 Å². The third-order valence-electron chi connectivity index (χ3n) is 5.16. The highest BCUT2D eigenvalue weighted by Gasteiger charge is 2.26. The molecular formula is C21H23F2N5O3. The average Bonchev–Trinajstić information content (AvgIpc) is 3.15. The van der Waals surface area contributed by atoms with Crippen molar-refractivity contribution in [1.82, 2.24) is 9.38 Å². The van der Waals surface area contributed by atoms with Crippen LogP contribution in [0.15, 0.2) is 41.7 Å². The second kappa shape index (κ2) is 8.21. The number of carbonyl (C=O) groups excluding carboxylic acids is 1. The minimum atomic E-state index is -3.14. The Morgan fingerprint density at radius 1 is 1.23 bits per heavy atom. The van der Waals surface area contributed by atoms with Crippen molar-refractivity contribution in [3.05, 3.63) is 47.8 Å². The molecule has 1 aromatic carbocycles. The van der Waals surface area contributed by atoms with Crippen LogP contribution < -0.4 is 20.9 Å². The van der Waals surface area contributed by atoms with Gasteiger partial charge in [0.15, 0.2) is 0 Å². The number of aliphatic imine (C=N–C) groups is 1. The first-order chi connectivity index (χ1) is 14.6. The molecule has 4 N–H and O–H groups in total. The summed E-state index contributed by atoms with van der Waals surface area (Å²) >= 11 is 0. The Morgan fingerprint density at radius 3 is 2.48 bits per heavy atom. The Balaban J connectivity index is 2.17. The number of aromatic nitrogens is 2. The lowest BCUT2D eigenvalue weighted by molar-refractivity contribution is -0.0502. The third-order valence-corrected chi connectivity index (χ3v) is 5.16. The van der Waals surface area contributed by atoms with Gasteiger partial charge in [0.2, 0.25) is 0 Å². The predicted molar refractivity (Wildman–Crippen MR) is 113 cm³/mol. The van der Waals surface area contributed by atoms with E-state index in [1.807, 2.05) is 26.0 Å². The van der Waals surface area contributed by atoms with Gasteiger partial charge in [-0.1, -0.05) is 0 Å². The Hall–Kier alpha value is -3.69. The highest BCUT2D eigenvalue weighted by atomic mass is 19.3. The van der Waals surface area contributed by atoms with E-state index in [0.717, 1.165) is 5.56 Å². The molecule has 2 aromatic heterocycles. The number of nitrogens with zero attached hydrogens (tertiary/aromatic N) is 3. The molecule has 31 heavy (non-hydrogen) atoms. The van der Waals surface area contributed by atoms with Crippen molar-refractivity contribution in [3.63, 3.8) is 0 Å². The number of fused-ring (bicyclic) bond motifs is 1. The number of halogens is 2. The molecule has 164 valence electrons. The molecule has 8 nitrogen and oxygen atoms in total. The topological polar surface area (TPSA) is 117 Å². The van der Waals surface area contributed by atoms with Gasteiger partial charge in [-0.05, 0) is 43.7 Å². The van der Waals surface area contributed by atoms with Gasteiger partial charge < -0.3 is 20.9 Å². The van der Waals surface area contributed by atoms with Crippen molar-refractivity contribution in [2.24, 2.45) is 16.5 Å². The van der Waals surface area contributed by atoms with E-state index < -0.39 is 17.9 Å². The average molecular weight is 431 g/mol. The summed E-state index contributed by atoms with van der Waals surface area (Å²) in [5, 5.41) is 0. The molecule has 3 rings (SSSR count). The van der Waals surface area contributed by atoms with Crippen molar-refractivity contribution < 1.29 is 23.0 Å². The molecule has 2 heterocycles. The van der Waals surface area contributed by atoms with Crippen molar-refractivity contribution in [2.45, 2.75) is 25.9 Å². The lowest BCUT2D eigenvalue weighted by atomic mass is 9.84. The Labute approximate surface area is 177 Å². The molecule has 0 spiro atoms. The predicted octanol–water partition coefficient (Wildman–Crippen LogP) is 2.97. The van der Waals surface area contributed by atoms with E-state index in [9.17, 15) is 13.6 Å². The molecular weight excluding hydrogens is 408 g/mol. The number of imidazole rings is 1. The zero-order valence-electron chi connectivity index (χ0n) is 17.5. The molecule has 10 heteroatoms. The van der Waals surface area contributed by atoms with E-state index in [4.69, 9.17) is 16.2 Å². The maximum Gasteiger partial charge on any atom is 0.387 e. The molecule has 0 bridgehead atoms. The largest absolute Gasteiger partial charge is 0.496 e. The summed E-state index contributed by atoms with van der Waals surface area (Å²) in [6, 6.07) is 6.56. The van der Waals surface area contributed by atoms with Gasteiger partial charge in [-0.3, -0.25) is 14.2 Å². The minimum absolute atomic E-state index is 0.0142. The van der Waals surface area contributed by atoms with Crippen LogP contribution in [-0.2, 0) is 5.41 Å². The molecule has 0 atom stereocenters. The molecule has 0 aliphatic carbocycles. The zero-order valence-corrected chi connectivity index (χ0v) is 17.5. The van der Waals surface area contributed by atoms with E-state index >= 15 is 0 Å². The molecule has 1 amide bonds. The summed E-state index contributed by atoms with van der Waals surface area (Å²) in [6.07, 6.45) is 3.37. The fourth-order valence-electron chi connectivity index (χ4n) is 3.34. The second-order valence-electron chi connectivity index (χ2n) is 7.32. The van der Waals surface area contributed by atoms with Crippen molar-refractivity contribution in [1.29, 1.82) is 0 Å². The molecule has 3 aromatic rings. The van der Waals surface area contributed by atoms with Crippen LogP contribution in [0.3, 0.4) is 0 Å². The minimum Gasteiger partial charge on any atom is -0.496 e. The van der Waals surface area contributed by atoms with Gasteiger partial charge in [0.05, 0.1) is 19.0 Å². The first kappa shape index (κ1) is 22.0. The second-order valence-corrected chi connectivity index (χ2v) is 7.32. The van der Waals surface area contributed by atoms with Crippen LogP contribution in [0.5, 0.6) is 11.5 Å². The highest BCUT2D eigenvalue weighted by Crippen LogP contribution is 2.36. The standard InChI is InChI=1S/C21H23F2N5O3/c1-21(2,19(25)26-3)12-5-6-28-13(10-27-16(28)9-12)11-7-14(30-4)17(18(24)29)15(8-11)31-20(22)23/h5-10,20H,1-4H3,(H2,24,29)(H2,25,26). The summed E-state index contributed by atoms with van der Waals surface area (Å²) < 4.78 is 37.3. The van der Waals surface area contributed by atoms with Crippen molar-refractivity contribution in [2.75, 3.05) is 14.2 Å². The lowest BCUT2D eigenvalue weighted by Gasteiger charge is -2.24. The van der Waals surface area contributed by atoms with E-state index in [-0.39, 0.29) is 17.1 Å². The summed E-state index contributed by atoms with van der Waals surface area (Å²) in [7, 11) is 2.94. The number of nitrogens with two attached hydrogens (primary N) is 2. The van der Waals surface area contributed by atoms with E-state index in [0.29, 0.717) is 22.7 Å². The molecule has 0 aliphatic heterocycles. The number of amides is 1. The lowest BCUT2D eigenvalue weighted by Crippen LogP contribution is -2.35. The number of methoxy groups -OCH3 is 1. The van der Waals surface area contributed by atoms with Crippen LogP contribution in [-0.4, -0.2) is 41.9 Å². The number of benzene rings is 1. The zero-order chi connectivity index (χ0) is 22.9. The van der Waals surface area contributed by atoms with Gasteiger partial charge in [-0.15, -0.1) is 0 Å². The van der Waals surface area contributed by atoms with Crippen molar-refractivity contribution >= 4 is 17.4 Å². The molecule has 0 fully saturated rings. The van der Waals surface area contributed by atoms with Crippen LogP contribution in [0.4, 0.5) is 8.78 Å². The highest BCUT2D eigenvalue weighted by molar-refractivity contribution is 5.99. The number of alkyl halides is 2. The van der Waals surface area contributed by atoms with Crippen LogP contribution in [0.25, 0.3) is 16.9 Å². The number of hydrogen-bond acceptors (Lipinski definition) is 5. The van der Waals surface area contributed by atoms with Gasteiger partial charge in [0.25, 0.3) is 5.91 Å². The molecule has 0 radical (unpaired) electrons. The molecule has 0 saturated heterocycles. The van der Waals surface area contributed by atoms with Gasteiger partial charge in [0.1, 0.15) is 28.5 Å². The third kappa shape index (κ3) is 4.00. The Bertz CT molecular complexity index is 1170. The number of primary amides is 1. The Kier molecular flexibility index (Phi) is 5.83. The fraction of sp³-hybridized carbons (Fsp3) is 0.286. The first-order valence-corrected chi connectivity index (χ1v) is 9.27. The van der Waals surface area contributed by atoms with Crippen LogP contribution >= 0.6 is 0 Å². The maximum atomic E-state index is 12.9. The van der Waals surface area contributed by atoms with Gasteiger partial charge in [-0.2, -0.15) is 8.78 Å². The number of rotatable bonds is 7. The number of hydrogen-bond donors (Lipinski definition) is 2. The van der Waals surface area contributed by atoms with Crippen LogP contribution in [0.2, 0.25) is 0 Å². The number of amidine groups is 1. The quantitative estimate of drug-likeness (QED) is 0.441.